The normalized spacial score (nSPS) is 12.2. The highest BCUT2D eigenvalue weighted by atomic mass is 15.0. The fraction of sp³-hybridized carbons (Fsp3) is 0.174. The van der Waals surface area contributed by atoms with E-state index in [1.54, 1.807) is 0 Å². The number of benzene rings is 9. The summed E-state index contributed by atoms with van der Waals surface area (Å²) in [6.45, 7) is 21.0. The Hall–Kier alpha value is -8.21. The number of hydrogen-bond donors (Lipinski definition) is 0. The van der Waals surface area contributed by atoms with Crippen LogP contribution in [-0.2, 0) is 16.2 Å². The fourth-order valence-electron chi connectivity index (χ4n) is 10.2. The number of hydrogen-bond acceptors (Lipinski definition) is 3. The monoisotopic (exact) mass is 946 g/mol. The summed E-state index contributed by atoms with van der Waals surface area (Å²) in [4.78, 5) is 15.8. The first-order valence-electron chi connectivity index (χ1n) is 25.6. The molecule has 0 amide bonds. The Morgan fingerprint density at radius 3 is 1.08 bits per heavy atom. The van der Waals surface area contributed by atoms with Crippen molar-refractivity contribution >= 4 is 21.8 Å². The summed E-state index contributed by atoms with van der Waals surface area (Å²) >= 11 is 0. The average molecular weight is 947 g/mol. The Kier molecular flexibility index (Phi) is 11.9. The average Bonchev–Trinajstić information content (AvgIpc) is 3.73. The standard InChI is InChI=1S/C69H62N4/c1-67(2,3)54-38-39-61-58(42-54)59-43-55(68(4,5)6)44-60(69(7,8)9)63(59)73(61)62-56(49-34-30-47(31-35-49)45-22-14-10-15-23-45)40-53(41-57(62)50-36-32-48(33-37-50)46-24-16-11-17-25-46)66-71-64(51-26-18-12-19-27-51)70-65(72-66)52-28-20-13-21-29-52/h10-44H,1-9H3. The third-order valence-electron chi connectivity index (χ3n) is 14.3. The van der Waals surface area contributed by atoms with Crippen LogP contribution in [0.1, 0.15) is 79.0 Å². The molecule has 358 valence electrons. The van der Waals surface area contributed by atoms with E-state index in [1.165, 1.54) is 44.1 Å². The van der Waals surface area contributed by atoms with Crippen molar-refractivity contribution < 1.29 is 0 Å². The molecular formula is C69H62N4. The molecule has 0 atom stereocenters. The van der Waals surface area contributed by atoms with Gasteiger partial charge in [0.05, 0.1) is 16.7 Å². The lowest BCUT2D eigenvalue weighted by molar-refractivity contribution is 0.572. The van der Waals surface area contributed by atoms with Crippen LogP contribution >= 0.6 is 0 Å². The Morgan fingerprint density at radius 2 is 0.671 bits per heavy atom. The zero-order valence-electron chi connectivity index (χ0n) is 43.5. The van der Waals surface area contributed by atoms with Gasteiger partial charge in [0.1, 0.15) is 0 Å². The highest BCUT2D eigenvalue weighted by molar-refractivity contribution is 6.13. The van der Waals surface area contributed by atoms with E-state index < -0.39 is 0 Å². The SMILES string of the molecule is CC(C)(C)c1ccc2c(c1)c1cc(C(C)(C)C)cc(C(C)(C)C)c1n2-c1c(-c2ccc(-c3ccccc3)cc2)cc(-c2nc(-c3ccccc3)nc(-c3ccccc3)n2)cc1-c1ccc(-c2ccccc2)cc1. The molecule has 0 N–H and O–H groups in total. The van der Waals surface area contributed by atoms with E-state index >= 15 is 0 Å². The Bertz CT molecular complexity index is 3610. The van der Waals surface area contributed by atoms with Crippen LogP contribution in [0.15, 0.2) is 212 Å². The molecule has 4 heteroatoms. The molecule has 0 aliphatic rings. The van der Waals surface area contributed by atoms with Gasteiger partial charge in [-0.15, -0.1) is 0 Å². The Labute approximate surface area is 431 Å². The minimum absolute atomic E-state index is 0.0577. The molecule has 2 aromatic heterocycles. The van der Waals surface area contributed by atoms with E-state index in [0.29, 0.717) is 17.5 Å². The van der Waals surface area contributed by atoms with Crippen LogP contribution < -0.4 is 0 Å². The molecule has 73 heavy (non-hydrogen) atoms. The number of nitrogens with zero attached hydrogens (tertiary/aromatic N) is 4. The maximum atomic E-state index is 5.35. The third kappa shape index (κ3) is 9.19. The molecule has 0 saturated heterocycles. The van der Waals surface area contributed by atoms with Crippen LogP contribution in [0.3, 0.4) is 0 Å². The van der Waals surface area contributed by atoms with E-state index in [1.807, 2.05) is 36.4 Å². The molecular weight excluding hydrogens is 885 g/mol. The maximum Gasteiger partial charge on any atom is 0.164 e. The molecule has 0 bridgehead atoms. The molecule has 4 nitrogen and oxygen atoms in total. The van der Waals surface area contributed by atoms with Crippen molar-refractivity contribution in [2.24, 2.45) is 0 Å². The molecule has 11 aromatic rings. The zero-order valence-corrected chi connectivity index (χ0v) is 43.5. The van der Waals surface area contributed by atoms with Gasteiger partial charge in [-0.25, -0.2) is 15.0 Å². The van der Waals surface area contributed by atoms with Gasteiger partial charge in [0.2, 0.25) is 0 Å². The summed E-state index contributed by atoms with van der Waals surface area (Å²) in [6.07, 6.45) is 0. The molecule has 0 saturated carbocycles. The molecule has 0 radical (unpaired) electrons. The highest BCUT2D eigenvalue weighted by Crippen LogP contribution is 2.48. The van der Waals surface area contributed by atoms with E-state index in [4.69, 9.17) is 15.0 Å². The summed E-state index contributed by atoms with van der Waals surface area (Å²) in [6, 6.07) is 76.8. The number of aromatic nitrogens is 4. The van der Waals surface area contributed by atoms with Gasteiger partial charge in [-0.1, -0.05) is 244 Å². The molecule has 9 aromatic carbocycles. The van der Waals surface area contributed by atoms with E-state index in [2.05, 4.69) is 243 Å². The lowest BCUT2D eigenvalue weighted by atomic mass is 9.79. The van der Waals surface area contributed by atoms with Crippen molar-refractivity contribution in [1.29, 1.82) is 0 Å². The molecule has 11 rings (SSSR count). The molecule has 0 spiro atoms. The first-order chi connectivity index (χ1) is 35.1. The van der Waals surface area contributed by atoms with Crippen molar-refractivity contribution in [1.82, 2.24) is 19.5 Å². The van der Waals surface area contributed by atoms with Crippen LogP contribution in [0, 0.1) is 0 Å². The Morgan fingerprint density at radius 1 is 0.301 bits per heavy atom. The largest absolute Gasteiger partial charge is 0.308 e. The van der Waals surface area contributed by atoms with Gasteiger partial charge in [-0.2, -0.15) is 0 Å². The molecule has 0 unspecified atom stereocenters. The summed E-state index contributed by atoms with van der Waals surface area (Å²) in [7, 11) is 0. The first kappa shape index (κ1) is 47.1. The van der Waals surface area contributed by atoms with Gasteiger partial charge >= 0.3 is 0 Å². The van der Waals surface area contributed by atoms with Crippen LogP contribution in [0.2, 0.25) is 0 Å². The molecule has 0 fully saturated rings. The van der Waals surface area contributed by atoms with Crippen molar-refractivity contribution in [3.8, 4) is 84.4 Å². The van der Waals surface area contributed by atoms with Gasteiger partial charge < -0.3 is 4.57 Å². The summed E-state index contributed by atoms with van der Waals surface area (Å²) in [5, 5.41) is 2.51. The lowest BCUT2D eigenvalue weighted by Gasteiger charge is -2.28. The van der Waals surface area contributed by atoms with Crippen LogP contribution in [0.5, 0.6) is 0 Å². The second-order valence-corrected chi connectivity index (χ2v) is 22.6. The van der Waals surface area contributed by atoms with Crippen LogP contribution in [0.25, 0.3) is 106 Å². The molecule has 0 aliphatic heterocycles. The van der Waals surface area contributed by atoms with Crippen molar-refractivity contribution in [2.75, 3.05) is 0 Å². The summed E-state index contributed by atoms with van der Waals surface area (Å²) in [5.74, 6) is 1.85. The van der Waals surface area contributed by atoms with Crippen LogP contribution in [0.4, 0.5) is 0 Å². The predicted molar refractivity (Wildman–Crippen MR) is 308 cm³/mol. The van der Waals surface area contributed by atoms with Crippen molar-refractivity contribution in [3.63, 3.8) is 0 Å². The fourth-order valence-corrected chi connectivity index (χ4v) is 10.2. The summed E-state index contributed by atoms with van der Waals surface area (Å²) in [5.41, 5.74) is 18.8. The molecule has 2 heterocycles. The topological polar surface area (TPSA) is 43.6 Å². The van der Waals surface area contributed by atoms with Crippen molar-refractivity contribution in [3.05, 3.63) is 229 Å². The van der Waals surface area contributed by atoms with Gasteiger partial charge in [0.15, 0.2) is 17.5 Å². The van der Waals surface area contributed by atoms with Gasteiger partial charge in [-0.05, 0) is 96.6 Å². The second-order valence-electron chi connectivity index (χ2n) is 22.6. The summed E-state index contributed by atoms with van der Waals surface area (Å²) < 4.78 is 2.60. The van der Waals surface area contributed by atoms with Gasteiger partial charge in [-0.3, -0.25) is 0 Å². The van der Waals surface area contributed by atoms with Gasteiger partial charge in [0, 0.05) is 38.6 Å². The Balaban J connectivity index is 1.30. The lowest BCUT2D eigenvalue weighted by Crippen LogP contribution is -2.18. The zero-order chi connectivity index (χ0) is 50.6. The van der Waals surface area contributed by atoms with Crippen molar-refractivity contribution in [2.45, 2.75) is 78.6 Å². The highest BCUT2D eigenvalue weighted by Gasteiger charge is 2.30. The third-order valence-corrected chi connectivity index (χ3v) is 14.3. The van der Waals surface area contributed by atoms with Gasteiger partial charge in [0.25, 0.3) is 0 Å². The second kappa shape index (κ2) is 18.4. The quantitative estimate of drug-likeness (QED) is 0.152. The van der Waals surface area contributed by atoms with E-state index in [9.17, 15) is 0 Å². The van der Waals surface area contributed by atoms with Crippen LogP contribution in [-0.4, -0.2) is 19.5 Å². The smallest absolute Gasteiger partial charge is 0.164 e. The molecule has 0 aliphatic carbocycles. The minimum atomic E-state index is -0.208. The maximum absolute atomic E-state index is 5.35. The van der Waals surface area contributed by atoms with E-state index in [0.717, 1.165) is 61.3 Å². The minimum Gasteiger partial charge on any atom is -0.308 e. The number of rotatable bonds is 8. The van der Waals surface area contributed by atoms with E-state index in [-0.39, 0.29) is 16.2 Å². The predicted octanol–water partition coefficient (Wildman–Crippen LogP) is 18.5. The number of fused-ring (bicyclic) bond motifs is 3. The first-order valence-corrected chi connectivity index (χ1v) is 25.6.